The van der Waals surface area contributed by atoms with Crippen LogP contribution in [0.25, 0.3) is 11.3 Å². The highest BCUT2D eigenvalue weighted by Gasteiger charge is 2.14. The average Bonchev–Trinajstić information content (AvgIpc) is 3.10. The first-order valence-corrected chi connectivity index (χ1v) is 9.95. The molecule has 0 unspecified atom stereocenters. The predicted molar refractivity (Wildman–Crippen MR) is 121 cm³/mol. The van der Waals surface area contributed by atoms with Crippen molar-refractivity contribution in [3.8, 4) is 11.3 Å². The predicted octanol–water partition coefficient (Wildman–Crippen LogP) is 5.95. The standard InChI is InChI=1S/C20H16ClIN2O2S/c1-11-10-16(12(2)9-15(11)22)23-20(27)24-19(25)18-8-7-17(26-18)13-3-5-14(21)6-4-13/h3-10H,1-2H3,(H2,23,24,25,27). The van der Waals surface area contributed by atoms with Crippen molar-refractivity contribution < 1.29 is 9.21 Å². The highest BCUT2D eigenvalue weighted by molar-refractivity contribution is 14.1. The third-order valence-corrected chi connectivity index (χ3v) is 5.56. The summed E-state index contributed by atoms with van der Waals surface area (Å²) in [6.45, 7) is 4.01. The number of furan rings is 1. The molecular weight excluding hydrogens is 495 g/mol. The molecule has 2 N–H and O–H groups in total. The highest BCUT2D eigenvalue weighted by atomic mass is 127. The first-order valence-electron chi connectivity index (χ1n) is 8.08. The van der Waals surface area contributed by atoms with Crippen LogP contribution in [0, 0.1) is 17.4 Å². The van der Waals surface area contributed by atoms with Crippen LogP contribution in [0.15, 0.2) is 52.9 Å². The van der Waals surface area contributed by atoms with Crippen LogP contribution in [-0.2, 0) is 0 Å². The zero-order chi connectivity index (χ0) is 19.6. The number of carbonyl (C=O) groups is 1. The summed E-state index contributed by atoms with van der Waals surface area (Å²) < 4.78 is 6.81. The number of rotatable bonds is 3. The fraction of sp³-hybridized carbons (Fsp3) is 0.100. The van der Waals surface area contributed by atoms with Crippen LogP contribution >= 0.6 is 46.4 Å². The lowest BCUT2D eigenvalue weighted by Crippen LogP contribution is -2.34. The average molecular weight is 511 g/mol. The molecular formula is C20H16ClIN2O2S. The maximum Gasteiger partial charge on any atom is 0.293 e. The Labute approximate surface area is 181 Å². The number of hydrogen-bond acceptors (Lipinski definition) is 3. The molecule has 1 amide bonds. The zero-order valence-corrected chi connectivity index (χ0v) is 18.3. The number of carbonyl (C=O) groups excluding carboxylic acids is 1. The molecule has 0 radical (unpaired) electrons. The molecule has 0 fully saturated rings. The molecule has 0 aliphatic heterocycles. The number of hydrogen-bond donors (Lipinski definition) is 2. The van der Waals surface area contributed by atoms with Crippen LogP contribution in [0.2, 0.25) is 5.02 Å². The van der Waals surface area contributed by atoms with E-state index in [1.54, 1.807) is 24.3 Å². The zero-order valence-electron chi connectivity index (χ0n) is 14.6. The van der Waals surface area contributed by atoms with E-state index in [9.17, 15) is 4.79 Å². The largest absolute Gasteiger partial charge is 0.451 e. The Balaban J connectivity index is 1.68. The van der Waals surface area contributed by atoms with Crippen LogP contribution in [0.3, 0.4) is 0 Å². The summed E-state index contributed by atoms with van der Waals surface area (Å²) in [6, 6.07) is 14.6. The Morgan fingerprint density at radius 2 is 1.78 bits per heavy atom. The van der Waals surface area contributed by atoms with E-state index in [1.807, 2.05) is 32.0 Å². The third kappa shape index (κ3) is 4.88. The van der Waals surface area contributed by atoms with Gasteiger partial charge >= 0.3 is 0 Å². The Bertz CT molecular complexity index is 1020. The van der Waals surface area contributed by atoms with Crippen molar-refractivity contribution in [2.45, 2.75) is 13.8 Å². The van der Waals surface area contributed by atoms with Crippen molar-refractivity contribution in [1.29, 1.82) is 0 Å². The normalized spacial score (nSPS) is 10.5. The van der Waals surface area contributed by atoms with E-state index in [4.69, 9.17) is 28.2 Å². The van der Waals surface area contributed by atoms with E-state index in [-0.39, 0.29) is 10.9 Å². The first-order chi connectivity index (χ1) is 12.8. The van der Waals surface area contributed by atoms with Crippen molar-refractivity contribution in [3.63, 3.8) is 0 Å². The van der Waals surface area contributed by atoms with Crippen LogP contribution in [0.4, 0.5) is 5.69 Å². The summed E-state index contributed by atoms with van der Waals surface area (Å²) in [6.07, 6.45) is 0. The van der Waals surface area contributed by atoms with Gasteiger partial charge < -0.3 is 9.73 Å². The number of benzene rings is 2. The van der Waals surface area contributed by atoms with Gasteiger partial charge in [0.2, 0.25) is 0 Å². The van der Waals surface area contributed by atoms with E-state index in [2.05, 4.69) is 39.3 Å². The monoisotopic (exact) mass is 510 g/mol. The second kappa shape index (κ2) is 8.41. The maximum absolute atomic E-state index is 12.4. The molecule has 4 nitrogen and oxygen atoms in total. The van der Waals surface area contributed by atoms with Gasteiger partial charge in [0.25, 0.3) is 5.91 Å². The van der Waals surface area contributed by atoms with Crippen molar-refractivity contribution in [1.82, 2.24) is 5.32 Å². The number of halogens is 2. The molecule has 27 heavy (non-hydrogen) atoms. The number of aryl methyl sites for hydroxylation is 2. The molecule has 0 aliphatic rings. The van der Waals surface area contributed by atoms with Crippen LogP contribution in [0.1, 0.15) is 21.7 Å². The van der Waals surface area contributed by atoms with Crippen LogP contribution < -0.4 is 10.6 Å². The summed E-state index contributed by atoms with van der Waals surface area (Å²) in [5.41, 5.74) is 3.88. The van der Waals surface area contributed by atoms with E-state index >= 15 is 0 Å². The Morgan fingerprint density at radius 1 is 1.07 bits per heavy atom. The summed E-state index contributed by atoms with van der Waals surface area (Å²) in [5, 5.41) is 6.56. The molecule has 1 aromatic heterocycles. The molecule has 3 aromatic rings. The number of anilines is 1. The maximum atomic E-state index is 12.4. The van der Waals surface area contributed by atoms with Crippen molar-refractivity contribution >= 4 is 63.1 Å². The molecule has 0 saturated heterocycles. The Morgan fingerprint density at radius 3 is 2.48 bits per heavy atom. The lowest BCUT2D eigenvalue weighted by atomic mass is 10.1. The van der Waals surface area contributed by atoms with Gasteiger partial charge in [-0.05, 0) is 108 Å². The molecule has 0 atom stereocenters. The van der Waals surface area contributed by atoms with Crippen molar-refractivity contribution in [2.24, 2.45) is 0 Å². The van der Waals surface area contributed by atoms with E-state index in [0.717, 1.165) is 22.4 Å². The molecule has 1 heterocycles. The highest BCUT2D eigenvalue weighted by Crippen LogP contribution is 2.24. The molecule has 0 spiro atoms. The molecule has 0 saturated carbocycles. The van der Waals surface area contributed by atoms with E-state index < -0.39 is 5.91 Å². The summed E-state index contributed by atoms with van der Waals surface area (Å²) in [4.78, 5) is 12.4. The topological polar surface area (TPSA) is 54.3 Å². The van der Waals surface area contributed by atoms with Crippen molar-refractivity contribution in [2.75, 3.05) is 5.32 Å². The SMILES string of the molecule is Cc1cc(NC(=S)NC(=O)c2ccc(-c3ccc(Cl)cc3)o2)c(C)cc1I. The van der Waals surface area contributed by atoms with E-state index in [1.165, 1.54) is 3.57 Å². The summed E-state index contributed by atoms with van der Waals surface area (Å²) in [5.74, 6) is 0.354. The van der Waals surface area contributed by atoms with E-state index in [0.29, 0.717) is 10.8 Å². The summed E-state index contributed by atoms with van der Waals surface area (Å²) >= 11 is 13.4. The van der Waals surface area contributed by atoms with Gasteiger partial charge in [0, 0.05) is 19.8 Å². The van der Waals surface area contributed by atoms with Gasteiger partial charge in [-0.3, -0.25) is 10.1 Å². The van der Waals surface area contributed by atoms with Gasteiger partial charge in [0.1, 0.15) is 5.76 Å². The lowest BCUT2D eigenvalue weighted by Gasteiger charge is -2.13. The van der Waals surface area contributed by atoms with Gasteiger partial charge in [-0.15, -0.1) is 0 Å². The minimum absolute atomic E-state index is 0.180. The first kappa shape index (κ1) is 19.9. The molecule has 0 bridgehead atoms. The minimum atomic E-state index is -0.410. The quantitative estimate of drug-likeness (QED) is 0.338. The van der Waals surface area contributed by atoms with Gasteiger partial charge in [-0.1, -0.05) is 11.6 Å². The molecule has 7 heteroatoms. The van der Waals surface area contributed by atoms with Gasteiger partial charge in [0.05, 0.1) is 0 Å². The fourth-order valence-corrected chi connectivity index (χ4v) is 3.41. The summed E-state index contributed by atoms with van der Waals surface area (Å²) in [7, 11) is 0. The lowest BCUT2D eigenvalue weighted by molar-refractivity contribution is 0.0951. The molecule has 2 aromatic carbocycles. The smallest absolute Gasteiger partial charge is 0.293 e. The Hall–Kier alpha value is -1.90. The van der Waals surface area contributed by atoms with Crippen LogP contribution in [0.5, 0.6) is 0 Å². The second-order valence-corrected chi connectivity index (χ2v) is 8.00. The van der Waals surface area contributed by atoms with Gasteiger partial charge in [0.15, 0.2) is 10.9 Å². The fourth-order valence-electron chi connectivity index (χ4n) is 2.46. The van der Waals surface area contributed by atoms with Gasteiger partial charge in [-0.2, -0.15) is 0 Å². The molecule has 138 valence electrons. The molecule has 0 aliphatic carbocycles. The minimum Gasteiger partial charge on any atom is -0.451 e. The van der Waals surface area contributed by atoms with Gasteiger partial charge in [-0.25, -0.2) is 0 Å². The number of amides is 1. The number of thiocarbonyl (C=S) groups is 1. The second-order valence-electron chi connectivity index (χ2n) is 6.00. The van der Waals surface area contributed by atoms with Crippen LogP contribution in [-0.4, -0.2) is 11.0 Å². The Kier molecular flexibility index (Phi) is 6.18. The third-order valence-electron chi connectivity index (χ3n) is 3.94. The van der Waals surface area contributed by atoms with Crippen molar-refractivity contribution in [3.05, 3.63) is 74.0 Å². The number of nitrogens with one attached hydrogen (secondary N) is 2. The molecule has 3 rings (SSSR count).